The average Bonchev–Trinajstić information content (AvgIpc) is 2.46. The maximum absolute atomic E-state index is 5.90. The third-order valence-corrected chi connectivity index (χ3v) is 3.00. The Morgan fingerprint density at radius 3 is 2.42 bits per heavy atom. The van der Waals surface area contributed by atoms with Crippen LogP contribution in [0.2, 0.25) is 0 Å². The van der Waals surface area contributed by atoms with Crippen molar-refractivity contribution < 1.29 is 9.47 Å². The van der Waals surface area contributed by atoms with Crippen molar-refractivity contribution in [2.45, 2.75) is 12.8 Å². The van der Waals surface area contributed by atoms with Gasteiger partial charge in [0.1, 0.15) is 24.7 Å². The number of hydrogen-bond acceptors (Lipinski definition) is 2. The molecular formula is C16H17ClO2. The molecule has 0 aliphatic rings. The second-order valence-corrected chi connectivity index (χ2v) is 4.52. The Kier molecular flexibility index (Phi) is 5.10. The number of alkyl halides is 1. The van der Waals surface area contributed by atoms with Gasteiger partial charge in [0.2, 0.25) is 0 Å². The smallest absolute Gasteiger partial charge is 0.123 e. The molecule has 0 radical (unpaired) electrons. The van der Waals surface area contributed by atoms with Crippen LogP contribution in [-0.4, -0.2) is 13.2 Å². The molecule has 0 saturated carbocycles. The summed E-state index contributed by atoms with van der Waals surface area (Å²) in [7, 11) is 0. The second kappa shape index (κ2) is 7.05. The molecule has 0 amide bonds. The quantitative estimate of drug-likeness (QED) is 0.582. The van der Waals surface area contributed by atoms with Crippen molar-refractivity contribution in [2.24, 2.45) is 0 Å². The molecule has 0 atom stereocenters. The topological polar surface area (TPSA) is 18.5 Å². The van der Waals surface area contributed by atoms with Crippen LogP contribution in [0.4, 0.5) is 0 Å². The van der Waals surface area contributed by atoms with Crippen LogP contribution in [0.3, 0.4) is 0 Å². The van der Waals surface area contributed by atoms with Crippen LogP contribution < -0.4 is 9.47 Å². The summed E-state index contributed by atoms with van der Waals surface area (Å²) < 4.78 is 11.3. The summed E-state index contributed by atoms with van der Waals surface area (Å²) >= 11 is 5.90. The van der Waals surface area contributed by atoms with Crippen LogP contribution in [0.15, 0.2) is 48.5 Å². The Morgan fingerprint density at radius 2 is 1.68 bits per heavy atom. The molecule has 2 rings (SSSR count). The highest BCUT2D eigenvalue weighted by molar-refractivity contribution is 6.17. The predicted octanol–water partition coefficient (Wildman–Crippen LogP) is 4.19. The molecule has 3 heteroatoms. The summed E-state index contributed by atoms with van der Waals surface area (Å²) in [5.74, 6) is 2.14. The summed E-state index contributed by atoms with van der Waals surface area (Å²) in [6.45, 7) is 3.06. The Bertz CT molecular complexity index is 511. The highest BCUT2D eigenvalue weighted by Crippen LogP contribution is 2.21. The Labute approximate surface area is 118 Å². The molecule has 0 spiro atoms. The molecule has 0 aliphatic carbocycles. The molecule has 0 aliphatic heterocycles. The van der Waals surface area contributed by atoms with Gasteiger partial charge in [0, 0.05) is 5.56 Å². The Balaban J connectivity index is 1.83. The molecule has 0 N–H and O–H groups in total. The van der Waals surface area contributed by atoms with E-state index in [-0.39, 0.29) is 0 Å². The molecular weight excluding hydrogens is 260 g/mol. The maximum atomic E-state index is 5.90. The van der Waals surface area contributed by atoms with Gasteiger partial charge in [-0.3, -0.25) is 0 Å². The maximum Gasteiger partial charge on any atom is 0.123 e. The zero-order valence-electron chi connectivity index (χ0n) is 10.9. The average molecular weight is 277 g/mol. The van der Waals surface area contributed by atoms with Gasteiger partial charge < -0.3 is 9.47 Å². The third kappa shape index (κ3) is 4.18. The van der Waals surface area contributed by atoms with Gasteiger partial charge >= 0.3 is 0 Å². The van der Waals surface area contributed by atoms with E-state index in [1.54, 1.807) is 0 Å². The van der Waals surface area contributed by atoms with E-state index in [2.05, 4.69) is 0 Å². The van der Waals surface area contributed by atoms with Crippen molar-refractivity contribution in [3.63, 3.8) is 0 Å². The van der Waals surface area contributed by atoms with Gasteiger partial charge in [0.25, 0.3) is 0 Å². The number of ether oxygens (including phenoxy) is 2. The number of benzene rings is 2. The van der Waals surface area contributed by atoms with Crippen molar-refractivity contribution in [2.75, 3.05) is 13.2 Å². The minimum absolute atomic E-state index is 0.455. The third-order valence-electron chi connectivity index (χ3n) is 2.71. The van der Waals surface area contributed by atoms with Gasteiger partial charge in [-0.2, -0.15) is 0 Å². The molecule has 2 aromatic rings. The van der Waals surface area contributed by atoms with E-state index in [1.807, 2.05) is 55.5 Å². The number of halogens is 1. The van der Waals surface area contributed by atoms with Crippen molar-refractivity contribution >= 4 is 11.6 Å². The van der Waals surface area contributed by atoms with Crippen molar-refractivity contribution in [1.29, 1.82) is 0 Å². The summed E-state index contributed by atoms with van der Waals surface area (Å²) in [4.78, 5) is 0. The number of aryl methyl sites for hydroxylation is 1. The largest absolute Gasteiger partial charge is 0.490 e. The molecule has 0 aromatic heterocycles. The molecule has 0 fully saturated rings. The minimum Gasteiger partial charge on any atom is -0.490 e. The van der Waals surface area contributed by atoms with Gasteiger partial charge in [-0.1, -0.05) is 35.9 Å². The van der Waals surface area contributed by atoms with Crippen molar-refractivity contribution in [3.8, 4) is 11.5 Å². The van der Waals surface area contributed by atoms with Crippen LogP contribution in [0, 0.1) is 6.92 Å². The fraction of sp³-hybridized carbons (Fsp3) is 0.250. The summed E-state index contributed by atoms with van der Waals surface area (Å²) in [6, 6.07) is 15.7. The van der Waals surface area contributed by atoms with Gasteiger partial charge in [0.15, 0.2) is 0 Å². The van der Waals surface area contributed by atoms with Gasteiger partial charge in [-0.15, -0.1) is 11.6 Å². The lowest BCUT2D eigenvalue weighted by atomic mass is 10.1. The molecule has 0 unspecified atom stereocenters. The van der Waals surface area contributed by atoms with Gasteiger partial charge in [-0.05, 0) is 25.1 Å². The molecule has 19 heavy (non-hydrogen) atoms. The van der Waals surface area contributed by atoms with Crippen LogP contribution in [0.25, 0.3) is 0 Å². The normalized spacial score (nSPS) is 10.2. The van der Waals surface area contributed by atoms with Crippen LogP contribution in [0.5, 0.6) is 11.5 Å². The fourth-order valence-corrected chi connectivity index (χ4v) is 1.99. The first-order valence-corrected chi connectivity index (χ1v) is 6.79. The molecule has 0 bridgehead atoms. The first-order valence-electron chi connectivity index (χ1n) is 6.26. The van der Waals surface area contributed by atoms with E-state index >= 15 is 0 Å². The second-order valence-electron chi connectivity index (χ2n) is 4.25. The number of rotatable bonds is 6. The van der Waals surface area contributed by atoms with Crippen molar-refractivity contribution in [1.82, 2.24) is 0 Å². The summed E-state index contributed by atoms with van der Waals surface area (Å²) in [6.07, 6.45) is 0. The van der Waals surface area contributed by atoms with Crippen LogP contribution >= 0.6 is 11.6 Å². The van der Waals surface area contributed by atoms with E-state index in [1.165, 1.54) is 5.56 Å². The molecule has 0 heterocycles. The highest BCUT2D eigenvalue weighted by atomic mass is 35.5. The summed E-state index contributed by atoms with van der Waals surface area (Å²) in [5, 5.41) is 0. The van der Waals surface area contributed by atoms with E-state index < -0.39 is 0 Å². The zero-order valence-corrected chi connectivity index (χ0v) is 11.7. The summed E-state index contributed by atoms with van der Waals surface area (Å²) in [5.41, 5.74) is 2.20. The monoisotopic (exact) mass is 276 g/mol. The lowest BCUT2D eigenvalue weighted by Crippen LogP contribution is -2.09. The Morgan fingerprint density at radius 1 is 0.947 bits per heavy atom. The lowest BCUT2D eigenvalue weighted by Gasteiger charge is -2.11. The van der Waals surface area contributed by atoms with E-state index in [9.17, 15) is 0 Å². The van der Waals surface area contributed by atoms with E-state index in [4.69, 9.17) is 21.1 Å². The fourth-order valence-electron chi connectivity index (χ4n) is 1.78. The number of hydrogen-bond donors (Lipinski definition) is 0. The van der Waals surface area contributed by atoms with E-state index in [0.29, 0.717) is 19.1 Å². The SMILES string of the molecule is Cc1ccc(OCCOc2ccccc2)c(CCl)c1. The van der Waals surface area contributed by atoms with Crippen LogP contribution in [-0.2, 0) is 5.88 Å². The minimum atomic E-state index is 0.455. The predicted molar refractivity (Wildman–Crippen MR) is 78.2 cm³/mol. The molecule has 0 saturated heterocycles. The number of para-hydroxylation sites is 1. The van der Waals surface area contributed by atoms with Crippen LogP contribution in [0.1, 0.15) is 11.1 Å². The van der Waals surface area contributed by atoms with Gasteiger partial charge in [-0.25, -0.2) is 0 Å². The highest BCUT2D eigenvalue weighted by Gasteiger charge is 2.03. The first kappa shape index (κ1) is 13.8. The van der Waals surface area contributed by atoms with Crippen molar-refractivity contribution in [3.05, 3.63) is 59.7 Å². The molecule has 2 aromatic carbocycles. The van der Waals surface area contributed by atoms with Gasteiger partial charge in [0.05, 0.1) is 5.88 Å². The van der Waals surface area contributed by atoms with E-state index in [0.717, 1.165) is 17.1 Å². The lowest BCUT2D eigenvalue weighted by molar-refractivity contribution is 0.216. The molecule has 2 nitrogen and oxygen atoms in total. The standard InChI is InChI=1S/C16H17ClO2/c1-13-7-8-16(14(11-13)12-17)19-10-9-18-15-5-3-2-4-6-15/h2-8,11H,9-10,12H2,1H3. The Hall–Kier alpha value is -1.67. The zero-order chi connectivity index (χ0) is 13.5. The molecule has 100 valence electrons. The first-order chi connectivity index (χ1) is 9.29.